The third-order valence-corrected chi connectivity index (χ3v) is 4.15. The van der Waals surface area contributed by atoms with Crippen LogP contribution in [0.1, 0.15) is 5.56 Å². The van der Waals surface area contributed by atoms with Crippen LogP contribution in [0, 0.1) is 6.92 Å². The van der Waals surface area contributed by atoms with Crippen LogP contribution in [-0.2, 0) is 0 Å². The highest BCUT2D eigenvalue weighted by molar-refractivity contribution is 7.19. The normalized spacial score (nSPS) is 10.5. The molecule has 0 unspecified atom stereocenters. The van der Waals surface area contributed by atoms with Crippen molar-refractivity contribution in [2.45, 2.75) is 6.92 Å². The van der Waals surface area contributed by atoms with E-state index in [0.29, 0.717) is 0 Å². The molecule has 0 fully saturated rings. The van der Waals surface area contributed by atoms with Gasteiger partial charge in [-0.05, 0) is 24.1 Å². The van der Waals surface area contributed by atoms with Gasteiger partial charge in [0.05, 0.1) is 10.6 Å². The maximum atomic E-state index is 4.68. The minimum atomic E-state index is 0.917. The number of pyridine rings is 1. The monoisotopic (exact) mass is 281 g/mol. The molecule has 0 radical (unpaired) electrons. The summed E-state index contributed by atoms with van der Waals surface area (Å²) in [5, 5.41) is 4.05. The second-order valence-electron chi connectivity index (χ2n) is 4.56. The van der Waals surface area contributed by atoms with Crippen LogP contribution in [0.25, 0.3) is 21.7 Å². The smallest absolute Gasteiger partial charge is 0.183 e. The molecule has 2 aromatic heterocycles. The summed E-state index contributed by atoms with van der Waals surface area (Å²) in [4.78, 5) is 10.1. The largest absolute Gasteiger partial charge is 0.365 e. The summed E-state index contributed by atoms with van der Waals surface area (Å²) in [6.07, 6.45) is 3.73. The predicted octanol–water partition coefficient (Wildman–Crippen LogP) is 4.22. The van der Waals surface area contributed by atoms with Crippen molar-refractivity contribution in [2.24, 2.45) is 0 Å². The van der Waals surface area contributed by atoms with E-state index in [4.69, 9.17) is 0 Å². The lowest BCUT2D eigenvalue weighted by molar-refractivity contribution is 1.25. The summed E-state index contributed by atoms with van der Waals surface area (Å²) >= 11 is 1.66. The minimum Gasteiger partial charge on any atom is -0.365 e. The lowest BCUT2D eigenvalue weighted by Crippen LogP contribution is -1.88. The predicted molar refractivity (Wildman–Crippen MR) is 85.1 cm³/mol. The maximum Gasteiger partial charge on any atom is 0.183 e. The van der Waals surface area contributed by atoms with Gasteiger partial charge in [-0.25, -0.2) is 4.98 Å². The number of nitrogens with zero attached hydrogens (tertiary/aromatic N) is 2. The summed E-state index contributed by atoms with van der Waals surface area (Å²) in [7, 11) is 1.89. The molecule has 0 bridgehead atoms. The van der Waals surface area contributed by atoms with Gasteiger partial charge in [-0.1, -0.05) is 41.7 Å². The Morgan fingerprint density at radius 1 is 1.05 bits per heavy atom. The van der Waals surface area contributed by atoms with Crippen molar-refractivity contribution < 1.29 is 0 Å². The van der Waals surface area contributed by atoms with Gasteiger partial charge in [-0.3, -0.25) is 4.98 Å². The third kappa shape index (κ3) is 2.42. The van der Waals surface area contributed by atoms with Gasteiger partial charge in [0.25, 0.3) is 0 Å². The van der Waals surface area contributed by atoms with Crippen molar-refractivity contribution in [1.82, 2.24) is 9.97 Å². The van der Waals surface area contributed by atoms with Crippen molar-refractivity contribution in [1.29, 1.82) is 0 Å². The summed E-state index contributed by atoms with van der Waals surface area (Å²) in [5.74, 6) is 0. The number of benzene rings is 1. The van der Waals surface area contributed by atoms with Crippen molar-refractivity contribution in [2.75, 3.05) is 12.4 Å². The van der Waals surface area contributed by atoms with Gasteiger partial charge < -0.3 is 5.32 Å². The molecule has 1 aromatic carbocycles. The van der Waals surface area contributed by atoms with Gasteiger partial charge in [-0.15, -0.1) is 0 Å². The molecule has 0 saturated carbocycles. The van der Waals surface area contributed by atoms with E-state index in [2.05, 4.69) is 33.5 Å². The molecule has 0 atom stereocenters. The number of nitrogens with one attached hydrogen (secondary N) is 1. The first-order valence-corrected chi connectivity index (χ1v) is 7.25. The Morgan fingerprint density at radius 3 is 2.55 bits per heavy atom. The fourth-order valence-electron chi connectivity index (χ4n) is 2.09. The van der Waals surface area contributed by atoms with Gasteiger partial charge in [0.15, 0.2) is 5.13 Å². The van der Waals surface area contributed by atoms with Crippen LogP contribution in [0.4, 0.5) is 5.13 Å². The number of aromatic nitrogens is 2. The van der Waals surface area contributed by atoms with E-state index < -0.39 is 0 Å². The van der Waals surface area contributed by atoms with Crippen molar-refractivity contribution in [3.8, 4) is 21.7 Å². The lowest BCUT2D eigenvalue weighted by atomic mass is 10.1. The van der Waals surface area contributed by atoms with Crippen LogP contribution in [0.2, 0.25) is 0 Å². The quantitative estimate of drug-likeness (QED) is 0.781. The minimum absolute atomic E-state index is 0.917. The van der Waals surface area contributed by atoms with Crippen molar-refractivity contribution in [3.05, 3.63) is 54.4 Å². The lowest BCUT2D eigenvalue weighted by Gasteiger charge is -2.03. The Balaban J connectivity index is 2.18. The van der Waals surface area contributed by atoms with E-state index in [1.54, 1.807) is 11.3 Å². The van der Waals surface area contributed by atoms with Crippen LogP contribution in [0.5, 0.6) is 0 Å². The number of rotatable bonds is 3. The molecule has 3 nitrogen and oxygen atoms in total. The molecule has 3 aromatic rings. The Kier molecular flexibility index (Phi) is 3.48. The van der Waals surface area contributed by atoms with Crippen molar-refractivity contribution in [3.63, 3.8) is 0 Å². The standard InChI is InChI=1S/C16H15N3S/c1-11-8-13(10-18-9-11)14-15(20-16(17-2)19-14)12-6-4-3-5-7-12/h3-10H,1-2H3,(H,17,19). The zero-order valence-corrected chi connectivity index (χ0v) is 12.2. The Hall–Kier alpha value is -2.20. The molecule has 0 spiro atoms. The van der Waals surface area contributed by atoms with E-state index in [1.807, 2.05) is 44.6 Å². The first kappa shape index (κ1) is 12.8. The SMILES string of the molecule is CNc1nc(-c2cncc(C)c2)c(-c2ccccc2)s1. The second kappa shape index (κ2) is 5.43. The van der Waals surface area contributed by atoms with E-state index in [1.165, 1.54) is 10.4 Å². The first-order chi connectivity index (χ1) is 9.78. The molecule has 2 heterocycles. The molecule has 0 aliphatic heterocycles. The second-order valence-corrected chi connectivity index (χ2v) is 5.56. The molecule has 3 rings (SSSR count). The summed E-state index contributed by atoms with van der Waals surface area (Å²) in [6, 6.07) is 12.5. The Bertz CT molecular complexity index is 720. The number of hydrogen-bond donors (Lipinski definition) is 1. The topological polar surface area (TPSA) is 37.8 Å². The molecule has 1 N–H and O–H groups in total. The van der Waals surface area contributed by atoms with E-state index in [9.17, 15) is 0 Å². The molecule has 100 valence electrons. The highest BCUT2D eigenvalue weighted by Crippen LogP contribution is 2.38. The zero-order chi connectivity index (χ0) is 13.9. The zero-order valence-electron chi connectivity index (χ0n) is 11.4. The first-order valence-electron chi connectivity index (χ1n) is 6.44. The third-order valence-electron chi connectivity index (χ3n) is 3.03. The van der Waals surface area contributed by atoms with E-state index >= 15 is 0 Å². The van der Waals surface area contributed by atoms with E-state index in [-0.39, 0.29) is 0 Å². The fraction of sp³-hybridized carbons (Fsp3) is 0.125. The number of thiazole rings is 1. The van der Waals surface area contributed by atoms with Crippen LogP contribution >= 0.6 is 11.3 Å². The van der Waals surface area contributed by atoms with Gasteiger partial charge in [-0.2, -0.15) is 0 Å². The van der Waals surface area contributed by atoms with Gasteiger partial charge in [0.1, 0.15) is 0 Å². The molecule has 4 heteroatoms. The average molecular weight is 281 g/mol. The molecule has 0 saturated heterocycles. The summed E-state index contributed by atoms with van der Waals surface area (Å²) < 4.78 is 0. The summed E-state index contributed by atoms with van der Waals surface area (Å²) in [6.45, 7) is 2.05. The van der Waals surface area contributed by atoms with Crippen LogP contribution in [0.15, 0.2) is 48.8 Å². The average Bonchev–Trinajstić information content (AvgIpc) is 2.92. The number of aryl methyl sites for hydroxylation is 1. The molecule has 0 amide bonds. The Labute approximate surface area is 122 Å². The van der Waals surface area contributed by atoms with Crippen molar-refractivity contribution >= 4 is 16.5 Å². The fourth-order valence-corrected chi connectivity index (χ4v) is 3.04. The molecule has 0 aliphatic rings. The van der Waals surface area contributed by atoms with E-state index in [0.717, 1.165) is 22.0 Å². The van der Waals surface area contributed by atoms with Crippen LogP contribution in [0.3, 0.4) is 0 Å². The highest BCUT2D eigenvalue weighted by atomic mass is 32.1. The van der Waals surface area contributed by atoms with Gasteiger partial charge in [0.2, 0.25) is 0 Å². The van der Waals surface area contributed by atoms with Crippen LogP contribution < -0.4 is 5.32 Å². The van der Waals surface area contributed by atoms with Crippen LogP contribution in [-0.4, -0.2) is 17.0 Å². The highest BCUT2D eigenvalue weighted by Gasteiger charge is 2.14. The number of hydrogen-bond acceptors (Lipinski definition) is 4. The molecular weight excluding hydrogens is 266 g/mol. The molecule has 0 aliphatic carbocycles. The number of anilines is 1. The maximum absolute atomic E-state index is 4.68. The Morgan fingerprint density at radius 2 is 1.85 bits per heavy atom. The molecular formula is C16H15N3S. The van der Waals surface area contributed by atoms with Gasteiger partial charge >= 0.3 is 0 Å². The summed E-state index contributed by atoms with van der Waals surface area (Å²) in [5.41, 5.74) is 4.37. The van der Waals surface area contributed by atoms with Gasteiger partial charge in [0, 0.05) is 25.0 Å². The molecule has 20 heavy (non-hydrogen) atoms.